The second-order valence-electron chi connectivity index (χ2n) is 5.46. The lowest BCUT2D eigenvalue weighted by atomic mass is 10.0. The zero-order valence-corrected chi connectivity index (χ0v) is 13.4. The summed E-state index contributed by atoms with van der Waals surface area (Å²) in [7, 11) is 0. The summed E-state index contributed by atoms with van der Waals surface area (Å²) in [6.45, 7) is 1.64. The van der Waals surface area contributed by atoms with Crippen molar-refractivity contribution in [3.8, 4) is 11.5 Å². The van der Waals surface area contributed by atoms with Crippen LogP contribution in [0.15, 0.2) is 59.3 Å². The lowest BCUT2D eigenvalue weighted by molar-refractivity contribution is -0.385. The fourth-order valence-electron chi connectivity index (χ4n) is 2.53. The number of carbonyl (C=O) groups excluding carboxylic acids is 1. The maximum atomic E-state index is 12.3. The second-order valence-corrected chi connectivity index (χ2v) is 5.46. The van der Waals surface area contributed by atoms with E-state index in [1.54, 1.807) is 43.5 Å². The molecule has 7 heteroatoms. The van der Waals surface area contributed by atoms with Gasteiger partial charge in [0, 0.05) is 22.9 Å². The van der Waals surface area contributed by atoms with Crippen LogP contribution in [0.1, 0.15) is 11.1 Å². The maximum absolute atomic E-state index is 12.3. The molecular formula is C18H15N3O4. The second kappa shape index (κ2) is 6.96. The van der Waals surface area contributed by atoms with Gasteiger partial charge in [0.1, 0.15) is 6.26 Å². The van der Waals surface area contributed by atoms with Gasteiger partial charge in [-0.15, -0.1) is 0 Å². The monoisotopic (exact) mass is 337 g/mol. The number of hydrogen-bond acceptors (Lipinski definition) is 5. The summed E-state index contributed by atoms with van der Waals surface area (Å²) < 4.78 is 5.24. The zero-order valence-electron chi connectivity index (χ0n) is 13.4. The third kappa shape index (κ3) is 3.72. The van der Waals surface area contributed by atoms with E-state index in [1.807, 2.05) is 6.07 Å². The van der Waals surface area contributed by atoms with Gasteiger partial charge in [0.2, 0.25) is 11.8 Å². The highest BCUT2D eigenvalue weighted by molar-refractivity contribution is 5.93. The number of rotatable bonds is 5. The van der Waals surface area contributed by atoms with Gasteiger partial charge in [0.25, 0.3) is 5.69 Å². The molecule has 0 atom stereocenters. The van der Waals surface area contributed by atoms with Gasteiger partial charge < -0.3 is 9.73 Å². The SMILES string of the molecule is Cc1c(CC(=O)Nc2cccc(-c3ncco3)c2)cccc1[N+](=O)[O-]. The van der Waals surface area contributed by atoms with Crippen LogP contribution in [0.5, 0.6) is 0 Å². The van der Waals surface area contributed by atoms with Crippen LogP contribution in [0.25, 0.3) is 11.5 Å². The Hall–Kier alpha value is -3.48. The van der Waals surface area contributed by atoms with Crippen molar-refractivity contribution in [2.75, 3.05) is 5.32 Å². The topological polar surface area (TPSA) is 98.3 Å². The van der Waals surface area contributed by atoms with E-state index in [2.05, 4.69) is 10.3 Å². The first kappa shape index (κ1) is 16.4. The van der Waals surface area contributed by atoms with Crippen LogP contribution >= 0.6 is 0 Å². The van der Waals surface area contributed by atoms with Gasteiger partial charge in [-0.05, 0) is 30.7 Å². The van der Waals surface area contributed by atoms with E-state index in [1.165, 1.54) is 12.3 Å². The third-order valence-corrected chi connectivity index (χ3v) is 3.79. The summed E-state index contributed by atoms with van der Waals surface area (Å²) in [6.07, 6.45) is 3.08. The molecule has 25 heavy (non-hydrogen) atoms. The van der Waals surface area contributed by atoms with Gasteiger partial charge in [-0.25, -0.2) is 4.98 Å². The van der Waals surface area contributed by atoms with E-state index in [4.69, 9.17) is 4.42 Å². The molecule has 0 fully saturated rings. The number of nitrogens with zero attached hydrogens (tertiary/aromatic N) is 2. The molecule has 1 amide bonds. The largest absolute Gasteiger partial charge is 0.445 e. The average Bonchev–Trinajstić information content (AvgIpc) is 3.11. The van der Waals surface area contributed by atoms with Crippen molar-refractivity contribution in [1.29, 1.82) is 0 Å². The number of hydrogen-bond donors (Lipinski definition) is 1. The number of nitrogens with one attached hydrogen (secondary N) is 1. The van der Waals surface area contributed by atoms with Crippen LogP contribution in [-0.4, -0.2) is 15.8 Å². The molecule has 1 N–H and O–H groups in total. The fourth-order valence-corrected chi connectivity index (χ4v) is 2.53. The minimum absolute atomic E-state index is 0.0104. The molecule has 2 aromatic carbocycles. The molecule has 1 heterocycles. The Bertz CT molecular complexity index is 920. The highest BCUT2D eigenvalue weighted by Gasteiger charge is 2.15. The normalized spacial score (nSPS) is 10.4. The molecule has 3 aromatic rings. The summed E-state index contributed by atoms with van der Waals surface area (Å²) in [5.74, 6) is 0.207. The summed E-state index contributed by atoms with van der Waals surface area (Å²) >= 11 is 0. The van der Waals surface area contributed by atoms with Crippen molar-refractivity contribution in [1.82, 2.24) is 4.98 Å². The van der Waals surface area contributed by atoms with E-state index in [-0.39, 0.29) is 18.0 Å². The molecule has 0 aliphatic carbocycles. The number of nitro groups is 1. The van der Waals surface area contributed by atoms with Crippen LogP contribution in [0.2, 0.25) is 0 Å². The molecule has 0 aliphatic heterocycles. The highest BCUT2D eigenvalue weighted by atomic mass is 16.6. The minimum Gasteiger partial charge on any atom is -0.445 e. The van der Waals surface area contributed by atoms with Crippen LogP contribution in [-0.2, 0) is 11.2 Å². The van der Waals surface area contributed by atoms with Crippen molar-refractivity contribution in [2.24, 2.45) is 0 Å². The molecule has 0 unspecified atom stereocenters. The Morgan fingerprint density at radius 3 is 2.80 bits per heavy atom. The van der Waals surface area contributed by atoms with Gasteiger partial charge in [0.15, 0.2) is 0 Å². The number of amides is 1. The molecular weight excluding hydrogens is 322 g/mol. The molecule has 0 aliphatic rings. The van der Waals surface area contributed by atoms with Crippen molar-refractivity contribution in [2.45, 2.75) is 13.3 Å². The summed E-state index contributed by atoms with van der Waals surface area (Å²) in [4.78, 5) is 26.9. The Balaban J connectivity index is 1.75. The Morgan fingerprint density at radius 2 is 2.08 bits per heavy atom. The number of benzene rings is 2. The predicted octanol–water partition coefficient (Wildman–Crippen LogP) is 3.74. The lowest BCUT2D eigenvalue weighted by Gasteiger charge is -2.08. The first-order chi connectivity index (χ1) is 12.0. The average molecular weight is 337 g/mol. The fraction of sp³-hybridized carbons (Fsp3) is 0.111. The molecule has 126 valence electrons. The summed E-state index contributed by atoms with van der Waals surface area (Å²) in [6, 6.07) is 11.8. The number of anilines is 1. The van der Waals surface area contributed by atoms with Gasteiger partial charge in [0.05, 0.1) is 17.5 Å². The van der Waals surface area contributed by atoms with E-state index in [0.717, 1.165) is 5.56 Å². The van der Waals surface area contributed by atoms with E-state index < -0.39 is 4.92 Å². The first-order valence-electron chi connectivity index (χ1n) is 7.57. The van der Waals surface area contributed by atoms with Gasteiger partial charge >= 0.3 is 0 Å². The highest BCUT2D eigenvalue weighted by Crippen LogP contribution is 2.23. The predicted molar refractivity (Wildman–Crippen MR) is 92.1 cm³/mol. The Labute approximate surface area is 143 Å². The molecule has 0 saturated heterocycles. The zero-order chi connectivity index (χ0) is 17.8. The molecule has 1 aromatic heterocycles. The molecule has 0 spiro atoms. The van der Waals surface area contributed by atoms with E-state index >= 15 is 0 Å². The number of nitro benzene ring substituents is 1. The van der Waals surface area contributed by atoms with Crippen LogP contribution < -0.4 is 5.32 Å². The smallest absolute Gasteiger partial charge is 0.272 e. The quantitative estimate of drug-likeness (QED) is 0.565. The Kier molecular flexibility index (Phi) is 4.56. The summed E-state index contributed by atoms with van der Waals surface area (Å²) in [5, 5.41) is 13.8. The van der Waals surface area contributed by atoms with Gasteiger partial charge in [-0.2, -0.15) is 0 Å². The minimum atomic E-state index is -0.448. The number of oxazole rings is 1. The molecule has 3 rings (SSSR count). The number of carbonyl (C=O) groups is 1. The van der Waals surface area contributed by atoms with Gasteiger partial charge in [-0.1, -0.05) is 18.2 Å². The standard InChI is InChI=1S/C18H15N3O4/c1-12-13(4-3-7-16(12)21(23)24)11-17(22)20-15-6-2-5-14(10-15)18-19-8-9-25-18/h2-10H,11H2,1H3,(H,20,22). The molecule has 0 bridgehead atoms. The lowest BCUT2D eigenvalue weighted by Crippen LogP contribution is -2.15. The summed E-state index contributed by atoms with van der Waals surface area (Å²) in [5.41, 5.74) is 2.47. The van der Waals surface area contributed by atoms with Crippen molar-refractivity contribution in [3.05, 3.63) is 76.2 Å². The van der Waals surface area contributed by atoms with Crippen LogP contribution in [0.4, 0.5) is 11.4 Å². The first-order valence-corrected chi connectivity index (χ1v) is 7.57. The van der Waals surface area contributed by atoms with Crippen molar-refractivity contribution in [3.63, 3.8) is 0 Å². The molecule has 7 nitrogen and oxygen atoms in total. The third-order valence-electron chi connectivity index (χ3n) is 3.79. The van der Waals surface area contributed by atoms with Crippen LogP contribution in [0, 0.1) is 17.0 Å². The number of aromatic nitrogens is 1. The maximum Gasteiger partial charge on any atom is 0.272 e. The van der Waals surface area contributed by atoms with Gasteiger partial charge in [-0.3, -0.25) is 14.9 Å². The molecule has 0 saturated carbocycles. The van der Waals surface area contributed by atoms with E-state index in [9.17, 15) is 14.9 Å². The molecule has 0 radical (unpaired) electrons. The van der Waals surface area contributed by atoms with E-state index in [0.29, 0.717) is 22.7 Å². The Morgan fingerprint density at radius 1 is 1.28 bits per heavy atom. The van der Waals surface area contributed by atoms with Crippen molar-refractivity contribution >= 4 is 17.3 Å². The van der Waals surface area contributed by atoms with Crippen molar-refractivity contribution < 1.29 is 14.1 Å². The van der Waals surface area contributed by atoms with Crippen LogP contribution in [0.3, 0.4) is 0 Å².